The third-order valence-corrected chi connectivity index (χ3v) is 5.61. The lowest BCUT2D eigenvalue weighted by molar-refractivity contribution is -0.137. The van der Waals surface area contributed by atoms with Crippen LogP contribution in [0.1, 0.15) is 97.8 Å². The van der Waals surface area contributed by atoms with Crippen molar-refractivity contribution >= 4 is 18.1 Å². The number of carbonyl (C=O) groups excluding carboxylic acids is 2. The first-order chi connectivity index (χ1) is 19.0. The molecule has 2 aromatic carbocycles. The Kier molecular flexibility index (Phi) is 34.1. The Labute approximate surface area is 241 Å². The van der Waals surface area contributed by atoms with E-state index in [1.165, 1.54) is 36.8 Å². The van der Waals surface area contributed by atoms with Gasteiger partial charge in [-0.05, 0) is 43.2 Å². The number of rotatable bonds is 16. The lowest BCUT2D eigenvalue weighted by Crippen LogP contribution is -2.04. The van der Waals surface area contributed by atoms with Crippen molar-refractivity contribution in [2.45, 2.75) is 104 Å². The second kappa shape index (κ2) is 33.4. The molecule has 0 spiro atoms. The average Bonchev–Trinajstić information content (AvgIpc) is 2.94. The molecule has 0 radical (unpaired) electrons. The summed E-state index contributed by atoms with van der Waals surface area (Å²) in [5.74, 6) is -0.689. The van der Waals surface area contributed by atoms with Crippen LogP contribution in [0.3, 0.4) is 0 Å². The molecule has 222 valence electrons. The summed E-state index contributed by atoms with van der Waals surface area (Å²) in [5.41, 5.74) is 2.55. The summed E-state index contributed by atoms with van der Waals surface area (Å²) in [6.07, 6.45) is 18.9. The number of nitrogens with one attached hydrogen (secondary N) is 2. The molecule has 40 heavy (non-hydrogen) atoms. The Morgan fingerprint density at radius 3 is 1.70 bits per heavy atom. The SMILES string of the molecule is C.CCCCCC[C@@H](O)C/C=C\CCCCCCCC(=O)O.N=C=O.N=C=O.c1ccc(-c2ccccc2)cc1. The van der Waals surface area contributed by atoms with Gasteiger partial charge in [0.05, 0.1) is 6.10 Å². The zero-order valence-corrected chi connectivity index (χ0v) is 23.3. The first-order valence-electron chi connectivity index (χ1n) is 13.7. The number of carbonyl (C=O) groups is 1. The van der Waals surface area contributed by atoms with Crippen LogP contribution in [0.2, 0.25) is 0 Å². The second-order valence-corrected chi connectivity index (χ2v) is 8.85. The van der Waals surface area contributed by atoms with Gasteiger partial charge in [-0.2, -0.15) is 0 Å². The van der Waals surface area contributed by atoms with Crippen LogP contribution in [0.5, 0.6) is 0 Å². The monoisotopic (exact) mass is 554 g/mol. The van der Waals surface area contributed by atoms with Gasteiger partial charge in [-0.25, -0.2) is 20.4 Å². The lowest BCUT2D eigenvalue weighted by atomic mass is 10.1. The van der Waals surface area contributed by atoms with Crippen LogP contribution < -0.4 is 0 Å². The van der Waals surface area contributed by atoms with Gasteiger partial charge in [-0.1, -0.05) is 132 Å². The number of carboxylic acid groups (broad SMARTS) is 1. The molecule has 2 rings (SSSR count). The smallest absolute Gasteiger partial charge is 0.303 e. The Balaban J connectivity index is -0.000000601. The van der Waals surface area contributed by atoms with Crippen molar-refractivity contribution in [1.82, 2.24) is 0 Å². The van der Waals surface area contributed by atoms with E-state index in [1.54, 1.807) is 0 Å². The number of hydrogen-bond acceptors (Lipinski definition) is 6. The van der Waals surface area contributed by atoms with Crippen molar-refractivity contribution in [2.24, 2.45) is 0 Å². The molecule has 7 nitrogen and oxygen atoms in total. The normalized spacial score (nSPS) is 10.1. The molecular formula is C33H50N2O5. The van der Waals surface area contributed by atoms with Crippen molar-refractivity contribution in [3.63, 3.8) is 0 Å². The first kappa shape index (κ1) is 40.9. The summed E-state index contributed by atoms with van der Waals surface area (Å²) in [7, 11) is 0. The number of benzene rings is 2. The molecule has 4 N–H and O–H groups in total. The minimum Gasteiger partial charge on any atom is -0.481 e. The molecule has 0 aromatic heterocycles. The van der Waals surface area contributed by atoms with Crippen molar-refractivity contribution in [3.05, 3.63) is 72.8 Å². The van der Waals surface area contributed by atoms with Gasteiger partial charge in [0.1, 0.15) is 0 Å². The van der Waals surface area contributed by atoms with Gasteiger partial charge in [-0.15, -0.1) is 0 Å². The molecule has 0 saturated carbocycles. The van der Waals surface area contributed by atoms with Gasteiger partial charge >= 0.3 is 5.97 Å². The minimum absolute atomic E-state index is 0. The predicted octanol–water partition coefficient (Wildman–Crippen LogP) is 8.87. The highest BCUT2D eigenvalue weighted by Gasteiger charge is 2.00. The topological polar surface area (TPSA) is 139 Å². The van der Waals surface area contributed by atoms with E-state index in [4.69, 9.17) is 25.5 Å². The number of aliphatic hydroxyl groups excluding tert-OH is 1. The molecule has 0 amide bonds. The molecule has 0 saturated heterocycles. The predicted molar refractivity (Wildman–Crippen MR) is 164 cm³/mol. The molecule has 0 heterocycles. The van der Waals surface area contributed by atoms with Crippen LogP contribution in [0.25, 0.3) is 11.1 Å². The summed E-state index contributed by atoms with van der Waals surface area (Å²) in [5, 5.41) is 29.1. The van der Waals surface area contributed by atoms with Crippen molar-refractivity contribution < 1.29 is 24.6 Å². The largest absolute Gasteiger partial charge is 0.481 e. The van der Waals surface area contributed by atoms with Gasteiger partial charge in [-0.3, -0.25) is 4.79 Å². The van der Waals surface area contributed by atoms with E-state index in [1.807, 2.05) is 12.1 Å². The molecule has 0 aliphatic carbocycles. The fourth-order valence-electron chi connectivity index (χ4n) is 3.63. The molecule has 2 aromatic rings. The minimum atomic E-state index is -0.689. The summed E-state index contributed by atoms with van der Waals surface area (Å²) in [4.78, 5) is 27.0. The first-order valence-corrected chi connectivity index (χ1v) is 13.7. The highest BCUT2D eigenvalue weighted by Crippen LogP contribution is 2.17. The van der Waals surface area contributed by atoms with E-state index in [-0.39, 0.29) is 13.5 Å². The molecular weight excluding hydrogens is 504 g/mol. The van der Waals surface area contributed by atoms with Crippen molar-refractivity contribution in [1.29, 1.82) is 10.8 Å². The van der Waals surface area contributed by atoms with E-state index in [2.05, 4.69) is 67.6 Å². The van der Waals surface area contributed by atoms with Gasteiger partial charge in [0.15, 0.2) is 0 Å². The summed E-state index contributed by atoms with van der Waals surface area (Å²) < 4.78 is 0. The number of hydrogen-bond donors (Lipinski definition) is 4. The highest BCUT2D eigenvalue weighted by molar-refractivity contribution is 5.66. The third-order valence-electron chi connectivity index (χ3n) is 5.61. The Morgan fingerprint density at radius 1 is 0.775 bits per heavy atom. The summed E-state index contributed by atoms with van der Waals surface area (Å²) in [6.45, 7) is 2.20. The molecule has 0 aliphatic heterocycles. The standard InChI is InChI=1S/C18H34O3.C12H10.2CHNO.CH4/c1-2-3-4-11-14-17(19)15-12-9-7-5-6-8-10-13-16-18(20)21;1-3-7-11(8-4-1)12-9-5-2-6-10-12;2*2-1-3;/h9,12,17,19H,2-8,10-11,13-16H2,1H3,(H,20,21);1-10H;2*2H;1H4/b12-9-;;;;/t17-;;;;/m1..../s1. The Morgan fingerprint density at radius 2 is 1.23 bits per heavy atom. The van der Waals surface area contributed by atoms with Crippen molar-refractivity contribution in [3.8, 4) is 11.1 Å². The zero-order valence-electron chi connectivity index (χ0n) is 23.3. The number of allylic oxidation sites excluding steroid dienone is 1. The van der Waals surface area contributed by atoms with E-state index < -0.39 is 5.97 Å². The summed E-state index contributed by atoms with van der Waals surface area (Å²) in [6, 6.07) is 20.8. The quantitative estimate of drug-likeness (QED) is 0.0710. The van der Waals surface area contributed by atoms with Gasteiger partial charge in [0.25, 0.3) is 0 Å². The molecule has 0 aliphatic rings. The highest BCUT2D eigenvalue weighted by atomic mass is 16.4. The van der Waals surface area contributed by atoms with Crippen LogP contribution in [-0.2, 0) is 14.4 Å². The number of isocyanates is 2. The van der Waals surface area contributed by atoms with E-state index >= 15 is 0 Å². The molecule has 7 heteroatoms. The fraction of sp³-hybridized carbons (Fsp3) is 0.485. The van der Waals surface area contributed by atoms with Crippen LogP contribution in [0.4, 0.5) is 0 Å². The van der Waals surface area contributed by atoms with Crippen molar-refractivity contribution in [2.75, 3.05) is 0 Å². The maximum atomic E-state index is 10.3. The fourth-order valence-corrected chi connectivity index (χ4v) is 3.63. The molecule has 0 unspecified atom stereocenters. The molecule has 0 bridgehead atoms. The average molecular weight is 555 g/mol. The third kappa shape index (κ3) is 30.6. The van der Waals surface area contributed by atoms with Crippen LogP contribution in [-0.4, -0.2) is 34.4 Å². The van der Waals surface area contributed by atoms with Crippen LogP contribution in [0.15, 0.2) is 72.8 Å². The van der Waals surface area contributed by atoms with Gasteiger partial charge < -0.3 is 10.2 Å². The number of aliphatic hydroxyl groups is 1. The maximum absolute atomic E-state index is 10.3. The van der Waals surface area contributed by atoms with E-state index in [9.17, 15) is 9.90 Å². The summed E-state index contributed by atoms with van der Waals surface area (Å²) >= 11 is 0. The second-order valence-electron chi connectivity index (χ2n) is 8.85. The number of carboxylic acids is 1. The number of aliphatic carboxylic acids is 1. The lowest BCUT2D eigenvalue weighted by Gasteiger charge is -2.07. The van der Waals surface area contributed by atoms with Gasteiger partial charge in [0, 0.05) is 6.42 Å². The maximum Gasteiger partial charge on any atom is 0.303 e. The number of unbranched alkanes of at least 4 members (excludes halogenated alkanes) is 8. The van der Waals surface area contributed by atoms with E-state index in [0.717, 1.165) is 63.5 Å². The van der Waals surface area contributed by atoms with Gasteiger partial charge in [0.2, 0.25) is 12.2 Å². The van der Waals surface area contributed by atoms with Crippen LogP contribution in [0, 0.1) is 10.8 Å². The molecule has 1 atom stereocenters. The Hall–Kier alpha value is -3.63. The van der Waals surface area contributed by atoms with Crippen LogP contribution >= 0.6 is 0 Å². The zero-order chi connectivity index (χ0) is 29.4. The molecule has 0 fully saturated rings. The van der Waals surface area contributed by atoms with E-state index in [0.29, 0.717) is 6.42 Å². The Bertz CT molecular complexity index is 855.